The first kappa shape index (κ1) is 26.7. The predicted molar refractivity (Wildman–Crippen MR) is 245 cm³/mol. The Hall–Kier alpha value is -5.89. The van der Waals surface area contributed by atoms with Crippen LogP contribution < -0.4 is 9.80 Å². The van der Waals surface area contributed by atoms with Gasteiger partial charge in [-0.3, -0.25) is 19.2 Å². The lowest BCUT2D eigenvalue weighted by Gasteiger charge is -2.38. The van der Waals surface area contributed by atoms with Crippen LogP contribution in [0.5, 0.6) is 0 Å². The Morgan fingerprint density at radius 2 is 0.952 bits per heavy atom. The molecule has 4 aromatic rings. The van der Waals surface area contributed by atoms with Gasteiger partial charge < -0.3 is 40.0 Å². The zero-order valence-corrected chi connectivity index (χ0v) is 34.0. The number of carboxylic acids is 3. The Balaban J connectivity index is 0.000000302. The van der Waals surface area contributed by atoms with E-state index in [1.54, 1.807) is 72.8 Å². The van der Waals surface area contributed by atoms with E-state index in [4.69, 9.17) is 50.6 Å². The van der Waals surface area contributed by atoms with E-state index < -0.39 is 138 Å². The number of hydrogen-bond donors (Lipinski definition) is 4. The molecule has 2 aliphatic rings. The van der Waals surface area contributed by atoms with Crippen molar-refractivity contribution in [3.8, 4) is 0 Å². The van der Waals surface area contributed by atoms with Crippen molar-refractivity contribution in [1.29, 1.82) is 0 Å². The number of likely N-dealkylation sites (tertiary alicyclic amines) is 2. The van der Waals surface area contributed by atoms with E-state index in [0.29, 0.717) is 0 Å². The average molecular weight is 887 g/mol. The van der Waals surface area contributed by atoms with Crippen molar-refractivity contribution >= 4 is 41.1 Å². The van der Waals surface area contributed by atoms with Gasteiger partial charge in [-0.15, -0.1) is 0 Å². The lowest BCUT2D eigenvalue weighted by Crippen LogP contribution is -2.47. The van der Waals surface area contributed by atoms with E-state index in [1.807, 2.05) is 0 Å². The van der Waals surface area contributed by atoms with Crippen LogP contribution in [0.2, 0.25) is 0 Å². The zero-order valence-electron chi connectivity index (χ0n) is 56.0. The molecule has 2 fully saturated rings. The summed E-state index contributed by atoms with van der Waals surface area (Å²) in [6.07, 6.45) is -18.9. The van der Waals surface area contributed by atoms with Crippen LogP contribution in [0.1, 0.15) is 106 Å². The summed E-state index contributed by atoms with van der Waals surface area (Å²) in [5, 5.41) is 33.8. The number of rotatable bonds is 17. The second-order valence-electron chi connectivity index (χ2n) is 13.8. The number of aryl methyl sites for hydroxylation is 2. The highest BCUT2D eigenvalue weighted by Gasteiger charge is 2.41. The van der Waals surface area contributed by atoms with E-state index in [1.165, 1.54) is 48.5 Å². The SMILES string of the molecule is O=C(O)CC(O)(CC(=O)O)C(=O)O.[2H]C1([2H])CN(C([2H])([2H])C([2H])([2H])c2ccccc2)CCC1N(C(=O)C([2H])([2H])C([2H])([2H])[2H])c1ccccc1.[2H]C1([2H])CN(C([2H])([2H])C([2H])([2H])c2ccccc2)CCC1N(C(=O)C([2H])([2H])C([2H])([2H])[2H])c1ccccc1. The van der Waals surface area contributed by atoms with Gasteiger partial charge in [0.05, 0.1) is 12.8 Å². The zero-order chi connectivity index (χ0) is 65.0. The van der Waals surface area contributed by atoms with Gasteiger partial charge in [-0.2, -0.15) is 0 Å². The molecule has 2 aliphatic heterocycles. The van der Waals surface area contributed by atoms with Gasteiger partial charge >= 0.3 is 17.9 Å². The van der Waals surface area contributed by atoms with Crippen molar-refractivity contribution in [3.63, 3.8) is 0 Å². The van der Waals surface area contributed by atoms with Crippen LogP contribution >= 0.6 is 0 Å². The van der Waals surface area contributed by atoms with E-state index in [0.717, 1.165) is 19.6 Å². The number of carbonyl (C=O) groups is 5. The molecule has 6 rings (SSSR count). The molecule has 2 amide bonds. The summed E-state index contributed by atoms with van der Waals surface area (Å²) in [4.78, 5) is 60.8. The van der Waals surface area contributed by atoms with Crippen LogP contribution in [0.25, 0.3) is 0 Å². The summed E-state index contributed by atoms with van der Waals surface area (Å²) in [5.41, 5.74) is -2.34. The monoisotopic (exact) mass is 887 g/mol. The maximum absolute atomic E-state index is 13.3. The molecule has 63 heavy (non-hydrogen) atoms. The molecule has 338 valence electrons. The molecular weight excluding hydrogens is 801 g/mol. The van der Waals surface area contributed by atoms with Gasteiger partial charge in [0.2, 0.25) is 11.8 Å². The number of amides is 2. The van der Waals surface area contributed by atoms with Crippen LogP contribution in [-0.4, -0.2) is 117 Å². The number of para-hydroxylation sites is 2. The number of piperidine rings is 2. The maximum atomic E-state index is 13.3. The molecule has 13 heteroatoms. The van der Waals surface area contributed by atoms with Crippen LogP contribution in [0.15, 0.2) is 121 Å². The van der Waals surface area contributed by atoms with Crippen LogP contribution in [0, 0.1) is 0 Å². The summed E-state index contributed by atoms with van der Waals surface area (Å²) >= 11 is 0. The molecule has 4 N–H and O–H groups in total. The maximum Gasteiger partial charge on any atom is 0.336 e. The molecule has 0 aliphatic carbocycles. The third-order valence-corrected chi connectivity index (χ3v) is 9.27. The molecule has 0 aromatic heterocycles. The molecule has 0 radical (unpaired) electrons. The largest absolute Gasteiger partial charge is 0.481 e. The van der Waals surface area contributed by atoms with Crippen molar-refractivity contribution < 1.29 is 74.6 Å². The first-order valence-electron chi connectivity index (χ1n) is 30.4. The fraction of sp³-hybridized carbons (Fsp3) is 0.420. The molecule has 2 heterocycles. The van der Waals surface area contributed by atoms with Gasteiger partial charge in [-0.1, -0.05) is 111 Å². The topological polar surface area (TPSA) is 179 Å². The van der Waals surface area contributed by atoms with Crippen molar-refractivity contribution in [2.24, 2.45) is 0 Å². The molecule has 0 saturated carbocycles. The Morgan fingerprint density at radius 1 is 0.603 bits per heavy atom. The van der Waals surface area contributed by atoms with Gasteiger partial charge in [-0.05, 0) is 73.7 Å². The second kappa shape index (κ2) is 25.9. The van der Waals surface area contributed by atoms with E-state index in [9.17, 15) is 24.0 Å². The number of carbonyl (C=O) groups excluding carboxylic acids is 2. The van der Waals surface area contributed by atoms with Gasteiger partial charge in [0, 0.05) is 106 Å². The van der Waals surface area contributed by atoms with Crippen molar-refractivity contribution in [1.82, 2.24) is 9.80 Å². The fourth-order valence-corrected chi connectivity index (χ4v) is 6.20. The number of nitrogens with zero attached hydrogens (tertiary/aromatic N) is 4. The highest BCUT2D eigenvalue weighted by Crippen LogP contribution is 2.26. The Morgan fingerprint density at radius 3 is 1.25 bits per heavy atom. The molecule has 4 aromatic carbocycles. The standard InChI is InChI=1S/2C22H28N2O.C6H8O7/c2*1-2-22(25)24(20-11-7-4-8-12-20)21-14-17-23(18-15-21)16-13-19-9-5-3-6-10-19;7-3(8)1-6(13,5(11)12)2-4(9)10/h2*3-12,21H,2,13-18H2,1H3;13H,1-2H2,(H,7,8)(H,9,10)(H,11,12)/i2*1D3,2D2,13D2,14D2,16D2;. The molecule has 13 nitrogen and oxygen atoms in total. The normalized spacial score (nSPS) is 25.1. The number of aliphatic hydroxyl groups is 1. The first-order chi connectivity index (χ1) is 38.7. The number of carboxylic acid groups (broad SMARTS) is 3. The smallest absolute Gasteiger partial charge is 0.336 e. The Kier molecular flexibility index (Phi) is 11.0. The van der Waals surface area contributed by atoms with Crippen LogP contribution in [-0.2, 0) is 36.7 Å². The quantitative estimate of drug-likeness (QED) is 0.0856. The summed E-state index contributed by atoms with van der Waals surface area (Å²) in [6.45, 7) is -13.4. The van der Waals surface area contributed by atoms with Gasteiger partial charge in [0.15, 0.2) is 5.60 Å². The van der Waals surface area contributed by atoms with E-state index in [-0.39, 0.29) is 48.4 Å². The minimum Gasteiger partial charge on any atom is -0.481 e. The number of hydrogen-bond acceptors (Lipinski definition) is 8. The fourth-order valence-electron chi connectivity index (χ4n) is 6.20. The molecule has 0 bridgehead atoms. The minimum absolute atomic E-state index is 0.0876. The summed E-state index contributed by atoms with van der Waals surface area (Å²) in [6, 6.07) is 28.1. The third kappa shape index (κ3) is 16.4. The van der Waals surface area contributed by atoms with Crippen molar-refractivity contribution in [2.45, 2.75) is 95.3 Å². The second-order valence-corrected chi connectivity index (χ2v) is 13.8. The average Bonchev–Trinajstić information content (AvgIpc) is 1.43. The van der Waals surface area contributed by atoms with Gasteiger partial charge in [-0.25, -0.2) is 4.79 Å². The molecule has 2 atom stereocenters. The van der Waals surface area contributed by atoms with Crippen LogP contribution in [0.3, 0.4) is 0 Å². The highest BCUT2D eigenvalue weighted by atomic mass is 16.4. The summed E-state index contributed by atoms with van der Waals surface area (Å²) in [5.74, 6) is -7.85. The van der Waals surface area contributed by atoms with Gasteiger partial charge in [0.1, 0.15) is 0 Å². The van der Waals surface area contributed by atoms with Crippen molar-refractivity contribution in [3.05, 3.63) is 132 Å². The molecule has 2 saturated heterocycles. The molecule has 2 unspecified atom stereocenters. The Labute approximate surface area is 402 Å². The number of anilines is 2. The number of benzene rings is 4. The van der Waals surface area contributed by atoms with E-state index >= 15 is 0 Å². The van der Waals surface area contributed by atoms with Crippen molar-refractivity contribution in [2.75, 3.05) is 49.0 Å². The van der Waals surface area contributed by atoms with Gasteiger partial charge in [0.25, 0.3) is 0 Å². The number of aliphatic carboxylic acids is 3. The van der Waals surface area contributed by atoms with E-state index in [2.05, 4.69) is 0 Å². The minimum atomic E-state index is -3.30. The highest BCUT2D eigenvalue weighted by molar-refractivity contribution is 5.94. The summed E-state index contributed by atoms with van der Waals surface area (Å²) < 4.78 is 180. The van der Waals surface area contributed by atoms with Crippen LogP contribution in [0.4, 0.5) is 11.4 Å². The Bertz CT molecular complexity index is 2760. The lowest BCUT2D eigenvalue weighted by molar-refractivity contribution is -0.170. The summed E-state index contributed by atoms with van der Waals surface area (Å²) in [7, 11) is 0. The first-order valence-corrected chi connectivity index (χ1v) is 19.4. The predicted octanol–water partition coefficient (Wildman–Crippen LogP) is 7.02. The lowest BCUT2D eigenvalue weighted by atomic mass is 9.96. The molecule has 0 spiro atoms. The third-order valence-electron chi connectivity index (χ3n) is 9.27. The molecular formula is C50H64N4O9.